The molecule has 0 bridgehead atoms. The molecule has 2 atom stereocenters. The van der Waals surface area contributed by atoms with Gasteiger partial charge in [0, 0.05) is 25.2 Å². The molecule has 1 N–H and O–H groups in total. The largest absolute Gasteiger partial charge is 0.379 e. The highest BCUT2D eigenvalue weighted by atomic mass is 16.5. The van der Waals surface area contributed by atoms with Gasteiger partial charge < -0.3 is 10.1 Å². The van der Waals surface area contributed by atoms with Crippen LogP contribution in [-0.2, 0) is 4.74 Å². The van der Waals surface area contributed by atoms with Crippen LogP contribution in [0.3, 0.4) is 0 Å². The van der Waals surface area contributed by atoms with E-state index in [1.54, 1.807) is 0 Å². The van der Waals surface area contributed by atoms with Crippen LogP contribution in [0.15, 0.2) is 0 Å². The van der Waals surface area contributed by atoms with Gasteiger partial charge in [-0.2, -0.15) is 0 Å². The number of nitrogens with zero attached hydrogens (tertiary/aromatic N) is 1. The van der Waals surface area contributed by atoms with E-state index in [9.17, 15) is 0 Å². The maximum absolute atomic E-state index is 5.50. The van der Waals surface area contributed by atoms with Gasteiger partial charge in [-0.1, -0.05) is 27.7 Å². The Morgan fingerprint density at radius 2 is 2.12 bits per heavy atom. The van der Waals surface area contributed by atoms with Gasteiger partial charge in [-0.3, -0.25) is 4.90 Å². The summed E-state index contributed by atoms with van der Waals surface area (Å²) in [5.74, 6) is 0. The van der Waals surface area contributed by atoms with Crippen molar-refractivity contribution < 1.29 is 4.74 Å². The lowest BCUT2D eigenvalue weighted by atomic mass is 9.86. The molecule has 0 spiro atoms. The van der Waals surface area contributed by atoms with Crippen LogP contribution < -0.4 is 5.32 Å². The number of morpholine rings is 1. The highest BCUT2D eigenvalue weighted by Crippen LogP contribution is 2.21. The van der Waals surface area contributed by atoms with Crippen molar-refractivity contribution in [3.8, 4) is 0 Å². The number of rotatable bonds is 5. The molecule has 3 heteroatoms. The second-order valence-electron chi connectivity index (χ2n) is 6.29. The molecule has 17 heavy (non-hydrogen) atoms. The van der Waals surface area contributed by atoms with Gasteiger partial charge in [-0.05, 0) is 25.3 Å². The molecule has 1 fully saturated rings. The number of ether oxygens (including phenoxy) is 1. The van der Waals surface area contributed by atoms with E-state index in [4.69, 9.17) is 4.74 Å². The van der Waals surface area contributed by atoms with Crippen molar-refractivity contribution in [3.05, 3.63) is 0 Å². The standard InChI is InChI=1S/C14H30N2O/c1-6-7-15-13(14(3,4)5)10-16-8-9-17-11-12(16)2/h12-13,15H,6-11H2,1-5H3. The first-order valence-electron chi connectivity index (χ1n) is 7.00. The summed E-state index contributed by atoms with van der Waals surface area (Å²) in [6, 6.07) is 1.11. The molecule has 1 rings (SSSR count). The molecule has 0 saturated carbocycles. The van der Waals surface area contributed by atoms with Crippen LogP contribution >= 0.6 is 0 Å². The van der Waals surface area contributed by atoms with Gasteiger partial charge in [0.1, 0.15) is 0 Å². The van der Waals surface area contributed by atoms with Gasteiger partial charge in [0.25, 0.3) is 0 Å². The van der Waals surface area contributed by atoms with Gasteiger partial charge in [0.15, 0.2) is 0 Å². The van der Waals surface area contributed by atoms with Crippen molar-refractivity contribution in [2.45, 2.75) is 53.1 Å². The summed E-state index contributed by atoms with van der Waals surface area (Å²) < 4.78 is 5.50. The lowest BCUT2D eigenvalue weighted by Gasteiger charge is -2.40. The fourth-order valence-electron chi connectivity index (χ4n) is 2.23. The van der Waals surface area contributed by atoms with Gasteiger partial charge in [-0.25, -0.2) is 0 Å². The van der Waals surface area contributed by atoms with Crippen LogP contribution in [0.5, 0.6) is 0 Å². The Labute approximate surface area is 107 Å². The van der Waals surface area contributed by atoms with Crippen LogP contribution in [0, 0.1) is 5.41 Å². The third-order valence-corrected chi connectivity index (χ3v) is 3.61. The zero-order valence-corrected chi connectivity index (χ0v) is 12.3. The molecular weight excluding hydrogens is 212 g/mol. The average Bonchev–Trinajstić information content (AvgIpc) is 2.25. The van der Waals surface area contributed by atoms with Crippen molar-refractivity contribution in [2.24, 2.45) is 5.41 Å². The van der Waals surface area contributed by atoms with Gasteiger partial charge in [0.05, 0.1) is 13.2 Å². The second-order valence-corrected chi connectivity index (χ2v) is 6.29. The summed E-state index contributed by atoms with van der Waals surface area (Å²) >= 11 is 0. The average molecular weight is 242 g/mol. The third-order valence-electron chi connectivity index (χ3n) is 3.61. The Morgan fingerprint density at radius 3 is 2.65 bits per heavy atom. The van der Waals surface area contributed by atoms with E-state index in [1.807, 2.05) is 0 Å². The van der Waals surface area contributed by atoms with Crippen molar-refractivity contribution in [1.82, 2.24) is 10.2 Å². The number of hydrogen-bond donors (Lipinski definition) is 1. The molecule has 0 aromatic carbocycles. The summed E-state index contributed by atoms with van der Waals surface area (Å²) in [5, 5.41) is 3.69. The Balaban J connectivity index is 2.52. The molecule has 1 aliphatic rings. The molecule has 1 heterocycles. The first-order chi connectivity index (χ1) is 7.95. The Kier molecular flexibility index (Phi) is 5.90. The minimum atomic E-state index is 0.313. The third kappa shape index (κ3) is 4.94. The Bertz CT molecular complexity index is 213. The normalized spacial score (nSPS) is 24.9. The first kappa shape index (κ1) is 14.9. The summed E-state index contributed by atoms with van der Waals surface area (Å²) in [4.78, 5) is 2.56. The lowest BCUT2D eigenvalue weighted by Crippen LogP contribution is -2.54. The van der Waals surface area contributed by atoms with Crippen LogP contribution in [0.1, 0.15) is 41.0 Å². The molecule has 0 amide bonds. The molecule has 0 aromatic heterocycles. The van der Waals surface area contributed by atoms with E-state index >= 15 is 0 Å². The summed E-state index contributed by atoms with van der Waals surface area (Å²) in [5.41, 5.74) is 0.313. The van der Waals surface area contributed by atoms with Gasteiger partial charge in [-0.15, -0.1) is 0 Å². The van der Waals surface area contributed by atoms with Crippen LogP contribution in [0.4, 0.5) is 0 Å². The maximum atomic E-state index is 5.50. The summed E-state index contributed by atoms with van der Waals surface area (Å²) in [6.45, 7) is 16.5. The molecule has 3 nitrogen and oxygen atoms in total. The van der Waals surface area contributed by atoms with Crippen molar-refractivity contribution in [3.63, 3.8) is 0 Å². The van der Waals surface area contributed by atoms with Gasteiger partial charge in [0.2, 0.25) is 0 Å². The molecule has 0 aromatic rings. The molecule has 1 aliphatic heterocycles. The zero-order chi connectivity index (χ0) is 12.9. The molecule has 102 valence electrons. The zero-order valence-electron chi connectivity index (χ0n) is 12.3. The number of nitrogens with one attached hydrogen (secondary N) is 1. The minimum Gasteiger partial charge on any atom is -0.379 e. The van der Waals surface area contributed by atoms with Gasteiger partial charge >= 0.3 is 0 Å². The molecule has 0 aliphatic carbocycles. The predicted molar refractivity (Wildman–Crippen MR) is 73.4 cm³/mol. The van der Waals surface area contributed by atoms with Crippen LogP contribution in [-0.4, -0.2) is 49.8 Å². The molecule has 1 saturated heterocycles. The van der Waals surface area contributed by atoms with E-state index in [1.165, 1.54) is 6.42 Å². The minimum absolute atomic E-state index is 0.313. The van der Waals surface area contributed by atoms with E-state index in [2.05, 4.69) is 44.8 Å². The molecule has 0 radical (unpaired) electrons. The van der Waals surface area contributed by atoms with Crippen molar-refractivity contribution >= 4 is 0 Å². The van der Waals surface area contributed by atoms with Crippen LogP contribution in [0.25, 0.3) is 0 Å². The Hall–Kier alpha value is -0.120. The summed E-state index contributed by atoms with van der Waals surface area (Å²) in [6.07, 6.45) is 1.20. The monoisotopic (exact) mass is 242 g/mol. The van der Waals surface area contributed by atoms with Crippen molar-refractivity contribution in [2.75, 3.05) is 32.8 Å². The highest BCUT2D eigenvalue weighted by Gasteiger charge is 2.28. The smallest absolute Gasteiger partial charge is 0.0619 e. The van der Waals surface area contributed by atoms with Crippen LogP contribution in [0.2, 0.25) is 0 Å². The maximum Gasteiger partial charge on any atom is 0.0619 e. The van der Waals surface area contributed by atoms with E-state index < -0.39 is 0 Å². The predicted octanol–water partition coefficient (Wildman–Crippen LogP) is 2.12. The lowest BCUT2D eigenvalue weighted by molar-refractivity contribution is -0.0105. The van der Waals surface area contributed by atoms with Crippen molar-refractivity contribution in [1.29, 1.82) is 0 Å². The fourth-order valence-corrected chi connectivity index (χ4v) is 2.23. The van der Waals surface area contributed by atoms with E-state index in [-0.39, 0.29) is 0 Å². The molecule has 2 unspecified atom stereocenters. The Morgan fingerprint density at radius 1 is 1.41 bits per heavy atom. The number of hydrogen-bond acceptors (Lipinski definition) is 3. The summed E-state index contributed by atoms with van der Waals surface area (Å²) in [7, 11) is 0. The molecular formula is C14H30N2O. The topological polar surface area (TPSA) is 24.5 Å². The quantitative estimate of drug-likeness (QED) is 0.799. The highest BCUT2D eigenvalue weighted by molar-refractivity contribution is 4.85. The second kappa shape index (κ2) is 6.72. The van der Waals surface area contributed by atoms with E-state index in [0.29, 0.717) is 17.5 Å². The van der Waals surface area contributed by atoms with E-state index in [0.717, 1.165) is 32.8 Å². The first-order valence-corrected chi connectivity index (χ1v) is 7.00. The fraction of sp³-hybridized carbons (Fsp3) is 1.00. The SMILES string of the molecule is CCCNC(CN1CCOCC1C)C(C)(C)C.